The topological polar surface area (TPSA) is 9.23 Å². The maximum Gasteiger partial charge on any atom is 0.192 e. The van der Waals surface area contributed by atoms with E-state index in [9.17, 15) is 0 Å². The maximum atomic E-state index is 6.82. The van der Waals surface area contributed by atoms with E-state index in [2.05, 4.69) is 70.7 Å². The molecule has 0 heterocycles. The number of allylic oxidation sites excluding steroid dienone is 1. The molecular formula is C20H30OSi. The van der Waals surface area contributed by atoms with E-state index in [4.69, 9.17) is 4.43 Å². The molecule has 0 radical (unpaired) electrons. The fraction of sp³-hybridized carbons (Fsp3) is 0.500. The van der Waals surface area contributed by atoms with Crippen LogP contribution in [-0.4, -0.2) is 14.4 Å². The van der Waals surface area contributed by atoms with Gasteiger partial charge >= 0.3 is 0 Å². The molecule has 1 aliphatic carbocycles. The van der Waals surface area contributed by atoms with Crippen molar-refractivity contribution in [2.75, 3.05) is 0 Å². The van der Waals surface area contributed by atoms with E-state index in [0.29, 0.717) is 5.92 Å². The van der Waals surface area contributed by atoms with Crippen LogP contribution in [0.25, 0.3) is 5.57 Å². The van der Waals surface area contributed by atoms with Gasteiger partial charge in [-0.2, -0.15) is 0 Å². The predicted octanol–water partition coefficient (Wildman–Crippen LogP) is 6.06. The van der Waals surface area contributed by atoms with Gasteiger partial charge in [-0.3, -0.25) is 0 Å². The molecule has 0 aromatic heterocycles. The second kappa shape index (κ2) is 7.43. The minimum absolute atomic E-state index is 0.235. The van der Waals surface area contributed by atoms with Crippen LogP contribution < -0.4 is 0 Å². The van der Waals surface area contributed by atoms with E-state index in [-0.39, 0.29) is 6.10 Å². The summed E-state index contributed by atoms with van der Waals surface area (Å²) < 4.78 is 6.82. The van der Waals surface area contributed by atoms with Crippen LogP contribution in [0.2, 0.25) is 18.1 Å². The molecule has 0 saturated carbocycles. The van der Waals surface area contributed by atoms with Crippen LogP contribution in [0.3, 0.4) is 0 Å². The molecule has 0 saturated heterocycles. The molecular weight excluding hydrogens is 284 g/mol. The van der Waals surface area contributed by atoms with E-state index >= 15 is 0 Å². The molecule has 0 fully saturated rings. The number of benzene rings is 1. The third kappa shape index (κ3) is 3.28. The quantitative estimate of drug-likeness (QED) is 0.439. The van der Waals surface area contributed by atoms with Gasteiger partial charge < -0.3 is 4.43 Å². The summed E-state index contributed by atoms with van der Waals surface area (Å²) in [7, 11) is -1.59. The smallest absolute Gasteiger partial charge is 0.192 e. The Balaban J connectivity index is 2.32. The van der Waals surface area contributed by atoms with Gasteiger partial charge in [0.2, 0.25) is 0 Å². The lowest BCUT2D eigenvalue weighted by molar-refractivity contribution is 0.189. The highest BCUT2D eigenvalue weighted by atomic mass is 28.4. The van der Waals surface area contributed by atoms with Gasteiger partial charge in [-0.05, 0) is 48.2 Å². The first-order chi connectivity index (χ1) is 10.6. The molecule has 2 atom stereocenters. The van der Waals surface area contributed by atoms with E-state index in [0.717, 1.165) is 6.42 Å². The maximum absolute atomic E-state index is 6.82. The molecule has 1 aromatic carbocycles. The zero-order valence-corrected chi connectivity index (χ0v) is 15.6. The monoisotopic (exact) mass is 314 g/mol. The van der Waals surface area contributed by atoms with Crippen molar-refractivity contribution in [3.8, 4) is 0 Å². The summed E-state index contributed by atoms with van der Waals surface area (Å²) in [6.45, 7) is 13.2. The first kappa shape index (κ1) is 17.2. The van der Waals surface area contributed by atoms with Crippen LogP contribution in [0, 0.1) is 5.92 Å². The van der Waals surface area contributed by atoms with Crippen LogP contribution in [0.15, 0.2) is 48.6 Å². The lowest BCUT2D eigenvalue weighted by atomic mass is 10.0. The summed E-state index contributed by atoms with van der Waals surface area (Å²) in [5.74, 6) is 0.423. The van der Waals surface area contributed by atoms with Crippen molar-refractivity contribution < 1.29 is 4.43 Å². The standard InChI is InChI=1S/C20H30OSi/c1-6-17-15-19(18-13-11-10-12-14-18)16(5)20(17)21-22(7-2,8-3)9-4/h6,10-14,17,20H,1,7-9,15H2,2-5H3. The summed E-state index contributed by atoms with van der Waals surface area (Å²) >= 11 is 0. The number of hydrogen-bond acceptors (Lipinski definition) is 1. The van der Waals surface area contributed by atoms with E-state index < -0.39 is 8.32 Å². The lowest BCUT2D eigenvalue weighted by Gasteiger charge is -2.34. The van der Waals surface area contributed by atoms with Crippen LogP contribution in [0.1, 0.15) is 39.7 Å². The molecule has 2 heteroatoms. The van der Waals surface area contributed by atoms with Gasteiger partial charge in [0.25, 0.3) is 0 Å². The van der Waals surface area contributed by atoms with Crippen LogP contribution in [-0.2, 0) is 4.43 Å². The minimum Gasteiger partial charge on any atom is -0.410 e. The van der Waals surface area contributed by atoms with Crippen molar-refractivity contribution in [3.05, 3.63) is 54.1 Å². The van der Waals surface area contributed by atoms with Gasteiger partial charge in [-0.15, -0.1) is 6.58 Å². The molecule has 0 N–H and O–H groups in total. The molecule has 0 bridgehead atoms. The lowest BCUT2D eigenvalue weighted by Crippen LogP contribution is -2.41. The summed E-state index contributed by atoms with van der Waals surface area (Å²) in [6.07, 6.45) is 3.40. The van der Waals surface area contributed by atoms with Gasteiger partial charge in [0.15, 0.2) is 8.32 Å². The Hall–Kier alpha value is -1.12. The average molecular weight is 315 g/mol. The summed E-state index contributed by atoms with van der Waals surface area (Å²) in [5.41, 5.74) is 4.22. The van der Waals surface area contributed by atoms with Crippen LogP contribution in [0.4, 0.5) is 0 Å². The SMILES string of the molecule is C=CC1CC(c2ccccc2)=C(C)C1O[Si](CC)(CC)CC. The Kier molecular flexibility index (Phi) is 5.82. The summed E-state index contributed by atoms with van der Waals surface area (Å²) in [4.78, 5) is 0. The second-order valence-electron chi connectivity index (χ2n) is 6.41. The zero-order chi connectivity index (χ0) is 16.2. The van der Waals surface area contributed by atoms with Gasteiger partial charge in [0, 0.05) is 5.92 Å². The van der Waals surface area contributed by atoms with Crippen LogP contribution in [0.5, 0.6) is 0 Å². The summed E-state index contributed by atoms with van der Waals surface area (Å²) in [5, 5.41) is 0. The Morgan fingerprint density at radius 2 is 1.73 bits per heavy atom. The second-order valence-corrected chi connectivity index (χ2v) is 11.1. The van der Waals surface area contributed by atoms with Gasteiger partial charge in [0.1, 0.15) is 0 Å². The number of rotatable bonds is 7. The van der Waals surface area contributed by atoms with Crippen molar-refractivity contribution in [1.82, 2.24) is 0 Å². The molecule has 0 spiro atoms. The molecule has 120 valence electrons. The molecule has 0 aliphatic heterocycles. The molecule has 1 aliphatic rings. The highest BCUT2D eigenvalue weighted by Crippen LogP contribution is 2.42. The molecule has 22 heavy (non-hydrogen) atoms. The molecule has 2 rings (SSSR count). The van der Waals surface area contributed by atoms with Gasteiger partial charge in [0.05, 0.1) is 6.10 Å². The largest absolute Gasteiger partial charge is 0.410 e. The van der Waals surface area contributed by atoms with Crippen LogP contribution >= 0.6 is 0 Å². The average Bonchev–Trinajstić information content (AvgIpc) is 2.89. The van der Waals surface area contributed by atoms with E-state index in [1.54, 1.807) is 0 Å². The fourth-order valence-electron chi connectivity index (χ4n) is 3.63. The molecule has 1 aromatic rings. The molecule has 0 amide bonds. The normalized spacial score (nSPS) is 22.2. The fourth-order valence-corrected chi connectivity index (χ4v) is 6.52. The van der Waals surface area contributed by atoms with E-state index in [1.807, 2.05) is 0 Å². The first-order valence-electron chi connectivity index (χ1n) is 8.66. The van der Waals surface area contributed by atoms with Crippen molar-refractivity contribution in [1.29, 1.82) is 0 Å². The van der Waals surface area contributed by atoms with E-state index in [1.165, 1.54) is 34.8 Å². The summed E-state index contributed by atoms with van der Waals surface area (Å²) in [6, 6.07) is 14.4. The first-order valence-corrected chi connectivity index (χ1v) is 11.2. The highest BCUT2D eigenvalue weighted by Gasteiger charge is 2.39. The van der Waals surface area contributed by atoms with Crippen molar-refractivity contribution >= 4 is 13.9 Å². The minimum atomic E-state index is -1.59. The Bertz CT molecular complexity index is 520. The Morgan fingerprint density at radius 1 is 1.14 bits per heavy atom. The third-order valence-electron chi connectivity index (χ3n) is 5.47. The van der Waals surface area contributed by atoms with Crippen molar-refractivity contribution in [2.24, 2.45) is 5.92 Å². The van der Waals surface area contributed by atoms with Gasteiger partial charge in [-0.1, -0.05) is 57.2 Å². The molecule has 2 unspecified atom stereocenters. The van der Waals surface area contributed by atoms with Crippen molar-refractivity contribution in [2.45, 2.75) is 58.4 Å². The Labute approximate surface area is 137 Å². The molecule has 1 nitrogen and oxygen atoms in total. The highest BCUT2D eigenvalue weighted by molar-refractivity contribution is 6.73. The predicted molar refractivity (Wildman–Crippen MR) is 99.4 cm³/mol. The third-order valence-corrected chi connectivity index (χ3v) is 10.1. The Morgan fingerprint density at radius 3 is 2.23 bits per heavy atom. The number of hydrogen-bond donors (Lipinski definition) is 0. The zero-order valence-electron chi connectivity index (χ0n) is 14.6. The van der Waals surface area contributed by atoms with Gasteiger partial charge in [-0.25, -0.2) is 0 Å². The van der Waals surface area contributed by atoms with Crippen molar-refractivity contribution in [3.63, 3.8) is 0 Å².